The first-order valence-electron chi connectivity index (χ1n) is 6.54. The van der Waals surface area contributed by atoms with Crippen LogP contribution in [-0.4, -0.2) is 16.1 Å². The molecule has 0 spiro atoms. The number of aromatic nitrogens is 1. The van der Waals surface area contributed by atoms with Crippen LogP contribution in [0, 0.1) is 5.41 Å². The van der Waals surface area contributed by atoms with Gasteiger partial charge in [-0.1, -0.05) is 41.6 Å². The molecule has 1 heterocycles. The summed E-state index contributed by atoms with van der Waals surface area (Å²) >= 11 is 9.08. The maximum Gasteiger partial charge on any atom is 0.0960 e. The normalized spacial score (nSPS) is 19.4. The Morgan fingerprint density at radius 2 is 1.89 bits per heavy atom. The summed E-state index contributed by atoms with van der Waals surface area (Å²) in [6, 6.07) is 4.18. The van der Waals surface area contributed by atoms with Crippen LogP contribution in [-0.2, 0) is 0 Å². The van der Waals surface area contributed by atoms with Gasteiger partial charge in [-0.2, -0.15) is 0 Å². The minimum absolute atomic E-state index is 0.482. The smallest absolute Gasteiger partial charge is 0.0960 e. The Morgan fingerprint density at radius 3 is 2.44 bits per heavy atom. The second kappa shape index (κ2) is 7.30. The van der Waals surface area contributed by atoms with Gasteiger partial charge in [0.25, 0.3) is 0 Å². The zero-order valence-corrected chi connectivity index (χ0v) is 14.5. The first-order valence-corrected chi connectivity index (χ1v) is 9.44. The minimum Gasteiger partial charge on any atom is -0.249 e. The first kappa shape index (κ1) is 14.9. The van der Waals surface area contributed by atoms with Crippen LogP contribution in [0.25, 0.3) is 0 Å². The van der Waals surface area contributed by atoms with Gasteiger partial charge < -0.3 is 0 Å². The van der Waals surface area contributed by atoms with Gasteiger partial charge >= 0.3 is 0 Å². The zero-order valence-electron chi connectivity index (χ0n) is 10.5. The molecule has 0 unspecified atom stereocenters. The molecule has 1 aromatic rings. The highest BCUT2D eigenvalue weighted by molar-refractivity contribution is 9.10. The molecular formula is C14H19Br2NS. The van der Waals surface area contributed by atoms with Crippen molar-refractivity contribution in [2.75, 3.05) is 11.1 Å². The van der Waals surface area contributed by atoms with Gasteiger partial charge in [0, 0.05) is 21.8 Å². The van der Waals surface area contributed by atoms with E-state index < -0.39 is 0 Å². The molecule has 2 rings (SSSR count). The lowest BCUT2D eigenvalue weighted by Gasteiger charge is -2.30. The van der Waals surface area contributed by atoms with E-state index in [0.717, 1.165) is 14.8 Å². The van der Waals surface area contributed by atoms with Crippen molar-refractivity contribution in [3.63, 3.8) is 0 Å². The summed E-state index contributed by atoms with van der Waals surface area (Å²) in [5.41, 5.74) is 0.482. The Labute approximate surface area is 131 Å². The SMILES string of the molecule is BrCC1(CSc2ccc(Br)cn2)CCCCCC1. The summed E-state index contributed by atoms with van der Waals surface area (Å²) in [5.74, 6) is 1.19. The van der Waals surface area contributed by atoms with Crippen molar-refractivity contribution in [3.05, 3.63) is 22.8 Å². The van der Waals surface area contributed by atoms with Crippen molar-refractivity contribution >= 4 is 43.6 Å². The molecule has 0 radical (unpaired) electrons. The third-order valence-corrected chi connectivity index (χ3v) is 6.63. The lowest BCUT2D eigenvalue weighted by atomic mass is 9.85. The van der Waals surface area contributed by atoms with Gasteiger partial charge in [0.2, 0.25) is 0 Å². The Morgan fingerprint density at radius 1 is 1.17 bits per heavy atom. The summed E-state index contributed by atoms with van der Waals surface area (Å²) in [7, 11) is 0. The molecule has 1 saturated carbocycles. The fraction of sp³-hybridized carbons (Fsp3) is 0.643. The third-order valence-electron chi connectivity index (χ3n) is 3.67. The molecule has 1 fully saturated rings. The zero-order chi connectivity index (χ0) is 12.8. The van der Waals surface area contributed by atoms with Gasteiger partial charge in [0.1, 0.15) is 0 Å². The van der Waals surface area contributed by atoms with E-state index in [-0.39, 0.29) is 0 Å². The van der Waals surface area contributed by atoms with Gasteiger partial charge in [0.05, 0.1) is 5.03 Å². The Kier molecular flexibility index (Phi) is 6.02. The molecule has 1 aromatic heterocycles. The van der Waals surface area contributed by atoms with Crippen molar-refractivity contribution in [1.82, 2.24) is 4.98 Å². The monoisotopic (exact) mass is 391 g/mol. The molecule has 0 atom stereocenters. The van der Waals surface area contributed by atoms with E-state index in [0.29, 0.717) is 5.41 Å². The Hall–Kier alpha value is 0.460. The van der Waals surface area contributed by atoms with Crippen molar-refractivity contribution < 1.29 is 0 Å². The second-order valence-corrected chi connectivity index (χ2v) is 7.62. The van der Waals surface area contributed by atoms with Crippen LogP contribution in [0.3, 0.4) is 0 Å². The number of hydrogen-bond donors (Lipinski definition) is 0. The van der Waals surface area contributed by atoms with Crippen LogP contribution in [0.15, 0.2) is 27.8 Å². The van der Waals surface area contributed by atoms with Crippen LogP contribution in [0.4, 0.5) is 0 Å². The maximum atomic E-state index is 4.45. The van der Waals surface area contributed by atoms with Crippen LogP contribution in [0.5, 0.6) is 0 Å². The molecule has 100 valence electrons. The van der Waals surface area contributed by atoms with Gasteiger partial charge in [-0.25, -0.2) is 4.98 Å². The van der Waals surface area contributed by atoms with E-state index >= 15 is 0 Å². The van der Waals surface area contributed by atoms with Gasteiger partial charge in [-0.3, -0.25) is 0 Å². The topological polar surface area (TPSA) is 12.9 Å². The van der Waals surface area contributed by atoms with Crippen LogP contribution < -0.4 is 0 Å². The maximum absolute atomic E-state index is 4.45. The molecule has 18 heavy (non-hydrogen) atoms. The van der Waals surface area contributed by atoms with E-state index in [2.05, 4.69) is 49.0 Å². The summed E-state index contributed by atoms with van der Waals surface area (Å²) in [5, 5.41) is 2.27. The first-order chi connectivity index (χ1) is 8.74. The average molecular weight is 393 g/mol. The lowest BCUT2D eigenvalue weighted by Crippen LogP contribution is -2.25. The summed E-state index contributed by atoms with van der Waals surface area (Å²) in [6.45, 7) is 0. The quantitative estimate of drug-likeness (QED) is 0.371. The number of rotatable bonds is 4. The molecule has 1 aliphatic rings. The molecule has 0 aliphatic heterocycles. The molecule has 1 nitrogen and oxygen atoms in total. The number of alkyl halides is 1. The van der Waals surface area contributed by atoms with Gasteiger partial charge in [-0.15, -0.1) is 11.8 Å². The third kappa shape index (κ3) is 4.24. The van der Waals surface area contributed by atoms with Crippen molar-refractivity contribution in [3.8, 4) is 0 Å². The molecule has 0 saturated heterocycles. The van der Waals surface area contributed by atoms with E-state index in [1.807, 2.05) is 18.0 Å². The number of halogens is 2. The standard InChI is InChI=1S/C14H19Br2NS/c15-10-14(7-3-1-2-4-8-14)11-18-13-6-5-12(16)9-17-13/h5-6,9H,1-4,7-8,10-11H2. The highest BCUT2D eigenvalue weighted by Gasteiger charge is 2.29. The van der Waals surface area contributed by atoms with Crippen molar-refractivity contribution in [1.29, 1.82) is 0 Å². The number of hydrogen-bond acceptors (Lipinski definition) is 2. The predicted molar refractivity (Wildman–Crippen MR) is 86.6 cm³/mol. The number of thioether (sulfide) groups is 1. The van der Waals surface area contributed by atoms with Crippen molar-refractivity contribution in [2.24, 2.45) is 5.41 Å². The largest absolute Gasteiger partial charge is 0.249 e. The predicted octanol–water partition coefficient (Wildman–Crippen LogP) is 5.67. The fourth-order valence-corrected chi connectivity index (χ4v) is 4.86. The van der Waals surface area contributed by atoms with Gasteiger partial charge in [0.15, 0.2) is 0 Å². The second-order valence-electron chi connectivity index (χ2n) is 5.15. The molecule has 1 aliphatic carbocycles. The average Bonchev–Trinajstić information content (AvgIpc) is 2.64. The van der Waals surface area contributed by atoms with Crippen molar-refractivity contribution in [2.45, 2.75) is 43.6 Å². The van der Waals surface area contributed by atoms with Crippen LogP contribution in [0.1, 0.15) is 38.5 Å². The summed E-state index contributed by atoms with van der Waals surface area (Å²) < 4.78 is 1.05. The highest BCUT2D eigenvalue weighted by atomic mass is 79.9. The van der Waals surface area contributed by atoms with E-state index in [4.69, 9.17) is 0 Å². The molecule has 0 bridgehead atoms. The van der Waals surface area contributed by atoms with E-state index in [9.17, 15) is 0 Å². The summed E-state index contributed by atoms with van der Waals surface area (Å²) in [4.78, 5) is 4.45. The minimum atomic E-state index is 0.482. The van der Waals surface area contributed by atoms with Gasteiger partial charge in [-0.05, 0) is 46.3 Å². The Balaban J connectivity index is 1.95. The molecule has 0 amide bonds. The number of pyridine rings is 1. The molecular weight excluding hydrogens is 374 g/mol. The number of nitrogens with zero attached hydrogens (tertiary/aromatic N) is 1. The van der Waals surface area contributed by atoms with E-state index in [1.54, 1.807) is 0 Å². The lowest BCUT2D eigenvalue weighted by molar-refractivity contribution is 0.334. The molecule has 0 N–H and O–H groups in total. The van der Waals surface area contributed by atoms with E-state index in [1.165, 1.54) is 44.3 Å². The fourth-order valence-electron chi connectivity index (χ4n) is 2.47. The summed E-state index contributed by atoms with van der Waals surface area (Å²) in [6.07, 6.45) is 10.2. The van der Waals surface area contributed by atoms with Crippen LogP contribution in [0.2, 0.25) is 0 Å². The van der Waals surface area contributed by atoms with Crippen LogP contribution >= 0.6 is 43.6 Å². The highest BCUT2D eigenvalue weighted by Crippen LogP contribution is 2.40. The Bertz CT molecular complexity index is 359. The molecule has 4 heteroatoms. The molecule has 0 aromatic carbocycles.